The van der Waals surface area contributed by atoms with Crippen LogP contribution in [0.25, 0.3) is 10.8 Å². The summed E-state index contributed by atoms with van der Waals surface area (Å²) in [7, 11) is 0. The third-order valence-electron chi connectivity index (χ3n) is 4.30. The number of cyclic esters (lactones) is 1. The van der Waals surface area contributed by atoms with Crippen molar-refractivity contribution in [2.45, 2.75) is 6.42 Å². The molecule has 5 heteroatoms. The van der Waals surface area contributed by atoms with E-state index in [1.807, 2.05) is 42.5 Å². The number of anilines is 1. The number of nitrogens with zero attached hydrogens (tertiary/aromatic N) is 1. The normalized spacial score (nSPS) is 13.7. The Morgan fingerprint density at radius 1 is 1.00 bits per heavy atom. The van der Waals surface area contributed by atoms with Crippen molar-refractivity contribution in [1.82, 2.24) is 0 Å². The first-order chi connectivity index (χ1) is 12.7. The van der Waals surface area contributed by atoms with Gasteiger partial charge < -0.3 is 9.47 Å². The number of fused-ring (bicyclic) bond motifs is 1. The van der Waals surface area contributed by atoms with Crippen LogP contribution in [0.15, 0.2) is 66.7 Å². The zero-order chi connectivity index (χ0) is 17.9. The van der Waals surface area contributed by atoms with E-state index in [1.54, 1.807) is 29.2 Å². The minimum atomic E-state index is -0.356. The molecule has 0 spiro atoms. The van der Waals surface area contributed by atoms with Crippen molar-refractivity contribution in [3.8, 4) is 5.75 Å². The van der Waals surface area contributed by atoms with Crippen LogP contribution in [0.5, 0.6) is 5.75 Å². The largest absolute Gasteiger partial charge is 0.447 e. The Bertz CT molecular complexity index is 965. The number of esters is 1. The van der Waals surface area contributed by atoms with Crippen molar-refractivity contribution in [2.24, 2.45) is 0 Å². The fourth-order valence-corrected chi connectivity index (χ4v) is 3.01. The van der Waals surface area contributed by atoms with Crippen LogP contribution in [-0.4, -0.2) is 25.2 Å². The molecule has 1 saturated heterocycles. The highest BCUT2D eigenvalue weighted by Crippen LogP contribution is 2.23. The zero-order valence-electron chi connectivity index (χ0n) is 14.1. The predicted octanol–water partition coefficient (Wildman–Crippen LogP) is 3.94. The van der Waals surface area contributed by atoms with Gasteiger partial charge in [0, 0.05) is 5.69 Å². The van der Waals surface area contributed by atoms with E-state index >= 15 is 0 Å². The molecule has 3 aromatic carbocycles. The van der Waals surface area contributed by atoms with E-state index in [2.05, 4.69) is 0 Å². The summed E-state index contributed by atoms with van der Waals surface area (Å²) in [4.78, 5) is 25.3. The lowest BCUT2D eigenvalue weighted by atomic mass is 10.1. The highest BCUT2D eigenvalue weighted by molar-refractivity contribution is 5.89. The lowest BCUT2D eigenvalue weighted by Gasteiger charge is -2.13. The van der Waals surface area contributed by atoms with Crippen LogP contribution in [0.4, 0.5) is 10.5 Å². The van der Waals surface area contributed by atoms with E-state index in [9.17, 15) is 9.59 Å². The first-order valence-corrected chi connectivity index (χ1v) is 8.42. The lowest BCUT2D eigenvalue weighted by Crippen LogP contribution is -2.23. The Kier molecular flexibility index (Phi) is 4.27. The summed E-state index contributed by atoms with van der Waals surface area (Å²) in [5.74, 6) is 0.126. The van der Waals surface area contributed by atoms with Gasteiger partial charge >= 0.3 is 12.1 Å². The fourth-order valence-electron chi connectivity index (χ4n) is 3.01. The van der Waals surface area contributed by atoms with Crippen LogP contribution in [0.1, 0.15) is 5.56 Å². The summed E-state index contributed by atoms with van der Waals surface area (Å²) in [6.45, 7) is 0.918. The van der Waals surface area contributed by atoms with E-state index in [-0.39, 0.29) is 18.5 Å². The van der Waals surface area contributed by atoms with E-state index < -0.39 is 0 Å². The Hall–Kier alpha value is -3.34. The average molecular weight is 347 g/mol. The van der Waals surface area contributed by atoms with Gasteiger partial charge in [0.2, 0.25) is 0 Å². The summed E-state index contributed by atoms with van der Waals surface area (Å²) in [5, 5.41) is 2.24. The van der Waals surface area contributed by atoms with Gasteiger partial charge in [0.05, 0.1) is 13.0 Å². The van der Waals surface area contributed by atoms with Crippen molar-refractivity contribution in [3.05, 3.63) is 72.3 Å². The Morgan fingerprint density at radius 2 is 1.77 bits per heavy atom. The molecule has 0 N–H and O–H groups in total. The molecule has 0 bridgehead atoms. The van der Waals surface area contributed by atoms with E-state index in [0.717, 1.165) is 22.0 Å². The lowest BCUT2D eigenvalue weighted by molar-refractivity contribution is -0.133. The molecule has 5 nitrogen and oxygen atoms in total. The highest BCUT2D eigenvalue weighted by Gasteiger charge is 2.23. The molecular weight excluding hydrogens is 330 g/mol. The van der Waals surface area contributed by atoms with Gasteiger partial charge in [0.25, 0.3) is 0 Å². The number of rotatable bonds is 4. The van der Waals surface area contributed by atoms with Gasteiger partial charge in [0.15, 0.2) is 0 Å². The molecule has 130 valence electrons. The molecule has 1 amide bonds. The molecule has 1 fully saturated rings. The summed E-state index contributed by atoms with van der Waals surface area (Å²) in [6.07, 6.45) is -0.156. The number of carbonyl (C=O) groups is 2. The van der Waals surface area contributed by atoms with Gasteiger partial charge in [-0.1, -0.05) is 42.5 Å². The molecule has 0 saturated carbocycles. The molecule has 1 heterocycles. The first-order valence-electron chi connectivity index (χ1n) is 8.42. The van der Waals surface area contributed by atoms with Crippen molar-refractivity contribution in [1.29, 1.82) is 0 Å². The number of hydrogen-bond donors (Lipinski definition) is 0. The number of carbonyl (C=O) groups excluding carboxylic acids is 2. The minimum Gasteiger partial charge on any atom is -0.447 e. The highest BCUT2D eigenvalue weighted by atomic mass is 16.6. The second-order valence-electron chi connectivity index (χ2n) is 6.09. The van der Waals surface area contributed by atoms with Gasteiger partial charge in [-0.15, -0.1) is 0 Å². The summed E-state index contributed by atoms with van der Waals surface area (Å²) < 4.78 is 10.3. The van der Waals surface area contributed by atoms with Crippen LogP contribution in [0.3, 0.4) is 0 Å². The molecule has 4 rings (SSSR count). The smallest absolute Gasteiger partial charge is 0.414 e. The van der Waals surface area contributed by atoms with Gasteiger partial charge in [0.1, 0.15) is 12.4 Å². The van der Waals surface area contributed by atoms with Gasteiger partial charge in [-0.05, 0) is 40.6 Å². The molecular formula is C21H17NO4. The maximum absolute atomic E-state index is 12.2. The first kappa shape index (κ1) is 16.1. The van der Waals surface area contributed by atoms with E-state index in [1.165, 1.54) is 0 Å². The molecule has 0 aromatic heterocycles. The van der Waals surface area contributed by atoms with Crippen molar-refractivity contribution >= 4 is 28.5 Å². The number of hydrogen-bond acceptors (Lipinski definition) is 4. The third-order valence-corrected chi connectivity index (χ3v) is 4.30. The number of ether oxygens (including phenoxy) is 2. The van der Waals surface area contributed by atoms with E-state index in [0.29, 0.717) is 18.9 Å². The van der Waals surface area contributed by atoms with Gasteiger partial charge in [-0.3, -0.25) is 9.69 Å². The summed E-state index contributed by atoms with van der Waals surface area (Å²) in [5.41, 5.74) is 1.63. The standard InChI is InChI=1S/C21H17NO4/c23-20(14-15-5-6-16-3-1-2-4-17(16)13-15)26-19-9-7-18(8-10-19)22-11-12-25-21(22)24/h1-10,13H,11-12,14H2. The minimum absolute atomic E-state index is 0.199. The number of benzene rings is 3. The van der Waals surface area contributed by atoms with Crippen LogP contribution < -0.4 is 9.64 Å². The van der Waals surface area contributed by atoms with Crippen LogP contribution in [0.2, 0.25) is 0 Å². The Morgan fingerprint density at radius 3 is 2.50 bits per heavy atom. The maximum Gasteiger partial charge on any atom is 0.414 e. The molecule has 0 aliphatic carbocycles. The SMILES string of the molecule is O=C(Cc1ccc2ccccc2c1)Oc1ccc(N2CCOC2=O)cc1. The second-order valence-corrected chi connectivity index (χ2v) is 6.09. The molecule has 0 unspecified atom stereocenters. The second kappa shape index (κ2) is 6.88. The van der Waals surface area contributed by atoms with Crippen molar-refractivity contribution in [2.75, 3.05) is 18.1 Å². The quantitative estimate of drug-likeness (QED) is 0.530. The molecule has 1 aliphatic rings. The summed E-state index contributed by atoms with van der Waals surface area (Å²) >= 11 is 0. The average Bonchev–Trinajstić information content (AvgIpc) is 3.08. The van der Waals surface area contributed by atoms with Gasteiger partial charge in [-0.25, -0.2) is 4.79 Å². The van der Waals surface area contributed by atoms with Gasteiger partial charge in [-0.2, -0.15) is 0 Å². The van der Waals surface area contributed by atoms with Crippen LogP contribution in [0, 0.1) is 0 Å². The topological polar surface area (TPSA) is 55.8 Å². The monoisotopic (exact) mass is 347 g/mol. The molecule has 1 aliphatic heterocycles. The molecule has 0 radical (unpaired) electrons. The van der Waals surface area contributed by atoms with Crippen LogP contribution in [-0.2, 0) is 16.0 Å². The Balaban J connectivity index is 1.41. The zero-order valence-corrected chi connectivity index (χ0v) is 14.1. The fraction of sp³-hybridized carbons (Fsp3) is 0.143. The molecule has 3 aromatic rings. The van der Waals surface area contributed by atoms with Crippen LogP contribution >= 0.6 is 0 Å². The maximum atomic E-state index is 12.2. The molecule has 26 heavy (non-hydrogen) atoms. The van der Waals surface area contributed by atoms with Crippen molar-refractivity contribution < 1.29 is 19.1 Å². The molecule has 0 atom stereocenters. The number of amides is 1. The Labute approximate surface area is 150 Å². The van der Waals surface area contributed by atoms with Crippen molar-refractivity contribution in [3.63, 3.8) is 0 Å². The summed E-state index contributed by atoms with van der Waals surface area (Å²) in [6, 6.07) is 20.8. The third kappa shape index (κ3) is 3.37. The predicted molar refractivity (Wildman–Crippen MR) is 98.4 cm³/mol. The van der Waals surface area contributed by atoms with E-state index in [4.69, 9.17) is 9.47 Å².